The van der Waals surface area contributed by atoms with E-state index >= 15 is 0 Å². The molecule has 10 aromatic carbocycles. The average molecular weight is 801 g/mol. The minimum atomic E-state index is -0.579. The van der Waals surface area contributed by atoms with Gasteiger partial charge in [-0.3, -0.25) is 0 Å². The molecule has 11 aromatic rings. The molecule has 0 radical (unpaired) electrons. The highest BCUT2D eigenvalue weighted by molar-refractivity contribution is 6.09. The van der Waals surface area contributed by atoms with Gasteiger partial charge in [-0.05, 0) is 95.4 Å². The van der Waals surface area contributed by atoms with Crippen molar-refractivity contribution >= 4 is 21.5 Å². The summed E-state index contributed by atoms with van der Waals surface area (Å²) in [6.07, 6.45) is 0. The van der Waals surface area contributed by atoms with Crippen molar-refractivity contribution in [3.63, 3.8) is 0 Å². The first-order valence-electron chi connectivity index (χ1n) is 21.7. The fraction of sp³-hybridized carbons (Fsp3) is 0.0164. The molecule has 63 heavy (non-hydrogen) atoms. The maximum Gasteiger partial charge on any atom is 0.161 e. The van der Waals surface area contributed by atoms with E-state index in [1.54, 1.807) is 0 Å². The first kappa shape index (κ1) is 36.6. The summed E-state index contributed by atoms with van der Waals surface area (Å²) in [5, 5.41) is 4.76. The molecule has 294 valence electrons. The summed E-state index contributed by atoms with van der Waals surface area (Å²) >= 11 is 0. The van der Waals surface area contributed by atoms with Gasteiger partial charge < -0.3 is 0 Å². The van der Waals surface area contributed by atoms with Gasteiger partial charge in [-0.15, -0.1) is 0 Å². The van der Waals surface area contributed by atoms with Gasteiger partial charge in [-0.2, -0.15) is 0 Å². The van der Waals surface area contributed by atoms with E-state index in [4.69, 9.17) is 9.97 Å². The SMILES string of the molecule is c1ccc(-c2cccc(-c3cc(-c4ccccc4)nc(-c4ccc(-c5cccc6c5C(c5ccccc5)(c5ccccc5)c5ccc7ccccc7c5-6)c5ccccc45)n3)c2)cc1. The molecule has 1 heterocycles. The van der Waals surface area contributed by atoms with Crippen molar-refractivity contribution in [3.05, 3.63) is 265 Å². The molecule has 0 aliphatic heterocycles. The van der Waals surface area contributed by atoms with Gasteiger partial charge in [0.05, 0.1) is 16.8 Å². The van der Waals surface area contributed by atoms with E-state index in [0.717, 1.165) is 44.4 Å². The largest absolute Gasteiger partial charge is 0.228 e. The minimum Gasteiger partial charge on any atom is -0.228 e. The Morgan fingerprint density at radius 2 is 0.810 bits per heavy atom. The Kier molecular flexibility index (Phi) is 8.76. The van der Waals surface area contributed by atoms with Gasteiger partial charge in [0.2, 0.25) is 0 Å². The molecule has 0 bridgehead atoms. The summed E-state index contributed by atoms with van der Waals surface area (Å²) in [4.78, 5) is 10.7. The molecule has 0 saturated heterocycles. The molecule has 0 fully saturated rings. The molecular formula is C61H40N2. The Balaban J connectivity index is 1.11. The monoisotopic (exact) mass is 800 g/mol. The Hall–Kier alpha value is -8.20. The predicted octanol–water partition coefficient (Wildman–Crippen LogP) is 15.5. The molecule has 1 aromatic heterocycles. The van der Waals surface area contributed by atoms with Crippen molar-refractivity contribution in [1.82, 2.24) is 9.97 Å². The second-order valence-electron chi connectivity index (χ2n) is 16.4. The third kappa shape index (κ3) is 5.95. The van der Waals surface area contributed by atoms with Crippen LogP contribution in [-0.2, 0) is 5.41 Å². The molecule has 2 nitrogen and oxygen atoms in total. The van der Waals surface area contributed by atoms with E-state index in [1.165, 1.54) is 60.8 Å². The molecule has 12 rings (SSSR count). The van der Waals surface area contributed by atoms with Gasteiger partial charge in [-0.1, -0.05) is 224 Å². The normalized spacial score (nSPS) is 12.6. The van der Waals surface area contributed by atoms with Crippen LogP contribution in [0.3, 0.4) is 0 Å². The second-order valence-corrected chi connectivity index (χ2v) is 16.4. The third-order valence-corrected chi connectivity index (χ3v) is 13.0. The van der Waals surface area contributed by atoms with Gasteiger partial charge in [0.1, 0.15) is 0 Å². The molecule has 0 amide bonds. The summed E-state index contributed by atoms with van der Waals surface area (Å²) in [6.45, 7) is 0. The highest BCUT2D eigenvalue weighted by Crippen LogP contribution is 2.60. The summed E-state index contributed by atoms with van der Waals surface area (Å²) < 4.78 is 0. The number of hydrogen-bond donors (Lipinski definition) is 0. The molecule has 0 atom stereocenters. The predicted molar refractivity (Wildman–Crippen MR) is 262 cm³/mol. The van der Waals surface area contributed by atoms with Crippen molar-refractivity contribution in [1.29, 1.82) is 0 Å². The minimum absolute atomic E-state index is 0.579. The van der Waals surface area contributed by atoms with E-state index in [0.29, 0.717) is 5.82 Å². The van der Waals surface area contributed by atoms with Crippen molar-refractivity contribution in [2.45, 2.75) is 5.41 Å². The van der Waals surface area contributed by atoms with Crippen LogP contribution in [0.15, 0.2) is 243 Å². The van der Waals surface area contributed by atoms with Gasteiger partial charge in [0, 0.05) is 16.7 Å². The quantitative estimate of drug-likeness (QED) is 0.160. The summed E-state index contributed by atoms with van der Waals surface area (Å²) in [6, 6.07) is 87.8. The zero-order valence-corrected chi connectivity index (χ0v) is 34.5. The third-order valence-electron chi connectivity index (χ3n) is 13.0. The Morgan fingerprint density at radius 1 is 0.302 bits per heavy atom. The van der Waals surface area contributed by atoms with Crippen LogP contribution in [0.1, 0.15) is 22.3 Å². The molecule has 0 saturated carbocycles. The van der Waals surface area contributed by atoms with Crippen LogP contribution in [0.4, 0.5) is 0 Å². The fourth-order valence-corrected chi connectivity index (χ4v) is 10.2. The van der Waals surface area contributed by atoms with Crippen LogP contribution < -0.4 is 0 Å². The van der Waals surface area contributed by atoms with E-state index in [9.17, 15) is 0 Å². The zero-order chi connectivity index (χ0) is 41.7. The van der Waals surface area contributed by atoms with Gasteiger partial charge in [0.25, 0.3) is 0 Å². The van der Waals surface area contributed by atoms with E-state index in [2.05, 4.69) is 237 Å². The molecule has 0 spiro atoms. The average Bonchev–Trinajstić information content (AvgIpc) is 3.69. The molecule has 0 unspecified atom stereocenters. The zero-order valence-electron chi connectivity index (χ0n) is 34.5. The summed E-state index contributed by atoms with van der Waals surface area (Å²) in [7, 11) is 0. The van der Waals surface area contributed by atoms with Crippen LogP contribution in [0.25, 0.3) is 88.8 Å². The number of hydrogen-bond acceptors (Lipinski definition) is 2. The van der Waals surface area contributed by atoms with E-state index in [1.807, 2.05) is 6.07 Å². The summed E-state index contributed by atoms with van der Waals surface area (Å²) in [5.41, 5.74) is 16.6. The Morgan fingerprint density at radius 3 is 1.51 bits per heavy atom. The number of nitrogens with zero attached hydrogens (tertiary/aromatic N) is 2. The lowest BCUT2D eigenvalue weighted by Crippen LogP contribution is -2.29. The highest BCUT2D eigenvalue weighted by Gasteiger charge is 2.48. The summed E-state index contributed by atoms with van der Waals surface area (Å²) in [5.74, 6) is 0.694. The van der Waals surface area contributed by atoms with Crippen LogP contribution in [0, 0.1) is 0 Å². The lowest BCUT2D eigenvalue weighted by Gasteiger charge is -2.35. The van der Waals surface area contributed by atoms with E-state index in [-0.39, 0.29) is 0 Å². The fourth-order valence-electron chi connectivity index (χ4n) is 10.2. The molecule has 2 heteroatoms. The Bertz CT molecular complexity index is 3450. The van der Waals surface area contributed by atoms with Crippen LogP contribution >= 0.6 is 0 Å². The van der Waals surface area contributed by atoms with E-state index < -0.39 is 5.41 Å². The number of aromatic nitrogens is 2. The van der Waals surface area contributed by atoms with Crippen molar-refractivity contribution in [2.75, 3.05) is 0 Å². The van der Waals surface area contributed by atoms with Crippen LogP contribution in [-0.4, -0.2) is 9.97 Å². The maximum absolute atomic E-state index is 5.39. The lowest BCUT2D eigenvalue weighted by atomic mass is 9.66. The maximum atomic E-state index is 5.39. The van der Waals surface area contributed by atoms with Gasteiger partial charge in [0.15, 0.2) is 5.82 Å². The first-order chi connectivity index (χ1) is 31.3. The molecule has 1 aliphatic rings. The topological polar surface area (TPSA) is 25.8 Å². The first-order valence-corrected chi connectivity index (χ1v) is 21.7. The Labute approximate surface area is 367 Å². The number of fused-ring (bicyclic) bond motifs is 6. The molecule has 0 N–H and O–H groups in total. The number of rotatable bonds is 7. The highest BCUT2D eigenvalue weighted by atomic mass is 14.9. The molecule has 1 aliphatic carbocycles. The van der Waals surface area contributed by atoms with Crippen LogP contribution in [0.5, 0.6) is 0 Å². The van der Waals surface area contributed by atoms with Crippen LogP contribution in [0.2, 0.25) is 0 Å². The standard InChI is InChI=1S/C61H40N2/c1-5-19-41(20-6-1)44-24-17-25-45(39-44)57-40-56(43-22-7-2-8-23-43)62-60(63-57)53-37-36-51(49-31-15-16-32-50(49)53)52-33-18-34-54-58-48-30-14-13-21-42(48)35-38-55(58)61(59(52)54,46-26-9-3-10-27-46)47-28-11-4-12-29-47/h1-40H. The van der Waals surface area contributed by atoms with Gasteiger partial charge in [-0.25, -0.2) is 9.97 Å². The number of benzene rings is 10. The second kappa shape index (κ2) is 15.1. The molecular weight excluding hydrogens is 761 g/mol. The smallest absolute Gasteiger partial charge is 0.161 e. The van der Waals surface area contributed by atoms with Crippen molar-refractivity contribution in [2.24, 2.45) is 0 Å². The van der Waals surface area contributed by atoms with Crippen molar-refractivity contribution in [3.8, 4) is 67.3 Å². The van der Waals surface area contributed by atoms with Gasteiger partial charge >= 0.3 is 0 Å². The van der Waals surface area contributed by atoms with Crippen molar-refractivity contribution < 1.29 is 0 Å². The lowest BCUT2D eigenvalue weighted by molar-refractivity contribution is 0.771.